The molecule has 5 rings (SSSR count). The molecule has 0 fully saturated rings. The van der Waals surface area contributed by atoms with Crippen LogP contribution in [0.1, 0.15) is 25.6 Å². The molecular formula is C22H12Cl2N2O2S. The summed E-state index contributed by atoms with van der Waals surface area (Å²) in [5, 5.41) is 0.466. The van der Waals surface area contributed by atoms with Gasteiger partial charge in [-0.2, -0.15) is 0 Å². The molecule has 1 aliphatic rings. The molecule has 4 nitrogen and oxygen atoms in total. The predicted octanol–water partition coefficient (Wildman–Crippen LogP) is 6.07. The Morgan fingerprint density at radius 3 is 2.17 bits per heavy atom. The molecule has 2 heterocycles. The fourth-order valence-corrected chi connectivity index (χ4v) is 5.04. The van der Waals surface area contributed by atoms with Crippen molar-refractivity contribution in [2.24, 2.45) is 7.05 Å². The standard InChI is InChI=1S/C22H12Cl2N2O2S/c1-26-16-10-12(29-22(16)25-21(26)11-5-3-2-4-6-11)9-13-19(27)17-14(23)7-8-15(24)18(17)20(13)28/h2-10H,1H3. The summed E-state index contributed by atoms with van der Waals surface area (Å²) in [4.78, 5) is 31.9. The van der Waals surface area contributed by atoms with Gasteiger partial charge >= 0.3 is 0 Å². The van der Waals surface area contributed by atoms with Crippen molar-refractivity contribution in [3.8, 4) is 11.4 Å². The van der Waals surface area contributed by atoms with Crippen molar-refractivity contribution in [3.63, 3.8) is 0 Å². The van der Waals surface area contributed by atoms with Gasteiger partial charge in [-0.1, -0.05) is 53.5 Å². The lowest BCUT2D eigenvalue weighted by Crippen LogP contribution is -2.00. The first-order valence-corrected chi connectivity index (χ1v) is 10.3. The van der Waals surface area contributed by atoms with E-state index >= 15 is 0 Å². The topological polar surface area (TPSA) is 52.0 Å². The number of hydrogen-bond donors (Lipinski definition) is 0. The van der Waals surface area contributed by atoms with Crippen molar-refractivity contribution in [3.05, 3.63) is 80.2 Å². The third kappa shape index (κ3) is 2.77. The number of hydrogen-bond acceptors (Lipinski definition) is 4. The van der Waals surface area contributed by atoms with E-state index in [0.29, 0.717) is 0 Å². The summed E-state index contributed by atoms with van der Waals surface area (Å²) in [6.07, 6.45) is 1.60. The van der Waals surface area contributed by atoms with Crippen molar-refractivity contribution < 1.29 is 9.59 Å². The fraction of sp³-hybridized carbons (Fsp3) is 0.0455. The summed E-state index contributed by atoms with van der Waals surface area (Å²) in [6.45, 7) is 0. The highest BCUT2D eigenvalue weighted by Gasteiger charge is 2.37. The zero-order chi connectivity index (χ0) is 20.3. The smallest absolute Gasteiger partial charge is 0.199 e. The monoisotopic (exact) mass is 438 g/mol. The molecule has 29 heavy (non-hydrogen) atoms. The summed E-state index contributed by atoms with van der Waals surface area (Å²) in [5.41, 5.74) is 2.40. The van der Waals surface area contributed by atoms with E-state index < -0.39 is 11.6 Å². The number of aryl methyl sites for hydroxylation is 1. The first-order valence-electron chi connectivity index (χ1n) is 8.76. The molecule has 0 radical (unpaired) electrons. The van der Waals surface area contributed by atoms with Gasteiger partial charge in [-0.05, 0) is 24.3 Å². The summed E-state index contributed by atoms with van der Waals surface area (Å²) in [5.74, 6) is 0.0748. The Morgan fingerprint density at radius 2 is 1.59 bits per heavy atom. The van der Waals surface area contributed by atoms with Crippen molar-refractivity contribution in [1.29, 1.82) is 0 Å². The second-order valence-electron chi connectivity index (χ2n) is 6.70. The molecule has 0 atom stereocenters. The highest BCUT2D eigenvalue weighted by Crippen LogP contribution is 2.38. The van der Waals surface area contributed by atoms with Crippen LogP contribution in [0.4, 0.5) is 0 Å². The molecule has 0 aliphatic heterocycles. The number of benzene rings is 2. The molecule has 0 N–H and O–H groups in total. The number of carbonyl (C=O) groups is 2. The van der Waals surface area contributed by atoms with E-state index in [2.05, 4.69) is 0 Å². The molecule has 0 unspecified atom stereocenters. The van der Waals surface area contributed by atoms with Gasteiger partial charge < -0.3 is 4.57 Å². The van der Waals surface area contributed by atoms with E-state index in [1.807, 2.05) is 48.0 Å². The fourth-order valence-electron chi connectivity index (χ4n) is 3.55. The average molecular weight is 439 g/mol. The number of halogens is 2. The van der Waals surface area contributed by atoms with Crippen LogP contribution >= 0.6 is 34.5 Å². The summed E-state index contributed by atoms with van der Waals surface area (Å²) in [7, 11) is 1.95. The van der Waals surface area contributed by atoms with E-state index in [0.717, 1.165) is 26.6 Å². The molecule has 0 amide bonds. The van der Waals surface area contributed by atoms with Gasteiger partial charge in [0, 0.05) is 17.5 Å². The van der Waals surface area contributed by atoms with Crippen molar-refractivity contribution >= 4 is 62.5 Å². The van der Waals surface area contributed by atoms with Gasteiger partial charge in [0.1, 0.15) is 10.7 Å². The summed E-state index contributed by atoms with van der Waals surface area (Å²) in [6, 6.07) is 14.9. The SMILES string of the molecule is Cn1c(-c2ccccc2)nc2sc(C=C3C(=O)c4c(Cl)ccc(Cl)c4C3=O)cc21. The molecule has 142 valence electrons. The molecule has 0 bridgehead atoms. The van der Waals surface area contributed by atoms with Gasteiger partial charge in [-0.3, -0.25) is 9.59 Å². The molecule has 1 aliphatic carbocycles. The van der Waals surface area contributed by atoms with Crippen LogP contribution in [0.2, 0.25) is 10.0 Å². The predicted molar refractivity (Wildman–Crippen MR) is 117 cm³/mol. The molecule has 7 heteroatoms. The second-order valence-corrected chi connectivity index (χ2v) is 8.57. The average Bonchev–Trinajstić information content (AvgIpc) is 3.33. The Bertz CT molecular complexity index is 1320. The Kier molecular flexibility index (Phi) is 4.21. The number of imidazole rings is 1. The molecule has 0 saturated heterocycles. The van der Waals surface area contributed by atoms with Crippen molar-refractivity contribution in [1.82, 2.24) is 9.55 Å². The first-order chi connectivity index (χ1) is 14.0. The Morgan fingerprint density at radius 1 is 0.966 bits per heavy atom. The number of aromatic nitrogens is 2. The zero-order valence-corrected chi connectivity index (χ0v) is 17.4. The third-order valence-corrected chi connectivity index (χ3v) is 6.56. The zero-order valence-electron chi connectivity index (χ0n) is 15.1. The lowest BCUT2D eigenvalue weighted by Gasteiger charge is -2.01. The van der Waals surface area contributed by atoms with Crippen molar-refractivity contribution in [2.45, 2.75) is 0 Å². The van der Waals surface area contributed by atoms with Gasteiger partial charge in [0.05, 0.1) is 32.3 Å². The number of rotatable bonds is 2. The van der Waals surface area contributed by atoms with Gasteiger partial charge in [0.2, 0.25) is 0 Å². The number of fused-ring (bicyclic) bond motifs is 2. The maximum Gasteiger partial charge on any atom is 0.199 e. The maximum atomic E-state index is 12.8. The minimum atomic E-state index is -0.395. The molecule has 0 saturated carbocycles. The maximum absolute atomic E-state index is 12.8. The number of allylic oxidation sites excluding steroid dienone is 1. The second kappa shape index (κ2) is 6.66. The van der Waals surface area contributed by atoms with Crippen LogP contribution in [0.3, 0.4) is 0 Å². The van der Waals surface area contributed by atoms with E-state index in [1.165, 1.54) is 23.5 Å². The number of ketones is 2. The Balaban J connectivity index is 1.58. The Hall–Kier alpha value is -2.73. The van der Waals surface area contributed by atoms with Crippen LogP contribution in [0.5, 0.6) is 0 Å². The van der Waals surface area contributed by atoms with E-state index in [-0.39, 0.29) is 26.7 Å². The minimum absolute atomic E-state index is 0.0739. The van der Waals surface area contributed by atoms with Crippen LogP contribution in [0.25, 0.3) is 27.8 Å². The van der Waals surface area contributed by atoms with Gasteiger partial charge in [-0.25, -0.2) is 4.98 Å². The number of nitrogens with zero attached hydrogens (tertiary/aromatic N) is 2. The lowest BCUT2D eigenvalue weighted by molar-refractivity contribution is 0.0990. The largest absolute Gasteiger partial charge is 0.326 e. The quantitative estimate of drug-likeness (QED) is 0.281. The number of thiophene rings is 1. The van der Waals surface area contributed by atoms with Crippen LogP contribution in [-0.4, -0.2) is 21.1 Å². The third-order valence-electron chi connectivity index (χ3n) is 4.96. The Labute approximate surface area is 180 Å². The van der Waals surface area contributed by atoms with Gasteiger partial charge in [0.25, 0.3) is 0 Å². The summed E-state index contributed by atoms with van der Waals surface area (Å²) < 4.78 is 2.00. The van der Waals surface area contributed by atoms with Crippen LogP contribution in [-0.2, 0) is 7.05 Å². The number of carbonyl (C=O) groups excluding carboxylic acids is 2. The highest BCUT2D eigenvalue weighted by atomic mass is 35.5. The molecule has 2 aromatic heterocycles. The van der Waals surface area contributed by atoms with E-state index in [1.54, 1.807) is 6.08 Å². The molecule has 4 aromatic rings. The van der Waals surface area contributed by atoms with Gasteiger partial charge in [0.15, 0.2) is 11.6 Å². The number of Topliss-reactive ketones (excluding diaryl/α,β-unsaturated/α-hetero) is 2. The van der Waals surface area contributed by atoms with Crippen LogP contribution in [0.15, 0.2) is 54.1 Å². The summed E-state index contributed by atoms with van der Waals surface area (Å²) >= 11 is 13.7. The van der Waals surface area contributed by atoms with Crippen LogP contribution in [0, 0.1) is 0 Å². The van der Waals surface area contributed by atoms with E-state index in [4.69, 9.17) is 28.2 Å². The minimum Gasteiger partial charge on any atom is -0.326 e. The normalized spacial score (nSPS) is 13.4. The molecular weight excluding hydrogens is 427 g/mol. The van der Waals surface area contributed by atoms with Crippen LogP contribution < -0.4 is 0 Å². The molecule has 0 spiro atoms. The van der Waals surface area contributed by atoms with Gasteiger partial charge in [-0.15, -0.1) is 11.3 Å². The highest BCUT2D eigenvalue weighted by molar-refractivity contribution is 7.19. The molecule has 2 aromatic carbocycles. The first kappa shape index (κ1) is 18.3. The lowest BCUT2D eigenvalue weighted by atomic mass is 10.1. The van der Waals surface area contributed by atoms with Crippen molar-refractivity contribution in [2.75, 3.05) is 0 Å². The van der Waals surface area contributed by atoms with E-state index in [9.17, 15) is 9.59 Å².